The summed E-state index contributed by atoms with van der Waals surface area (Å²) in [6.07, 6.45) is 8.54. The molecule has 33 heavy (non-hydrogen) atoms. The number of amides is 1. The molecule has 3 aromatic rings. The molecule has 2 aromatic heterocycles. The van der Waals surface area contributed by atoms with Gasteiger partial charge in [0.25, 0.3) is 5.91 Å². The van der Waals surface area contributed by atoms with Crippen molar-refractivity contribution >= 4 is 23.1 Å². The van der Waals surface area contributed by atoms with Crippen molar-refractivity contribution in [2.75, 3.05) is 23.3 Å². The zero-order valence-electron chi connectivity index (χ0n) is 18.5. The van der Waals surface area contributed by atoms with Crippen LogP contribution >= 0.6 is 0 Å². The Balaban J connectivity index is 1.28. The monoisotopic (exact) mass is 444 g/mol. The molecule has 0 unspecified atom stereocenters. The number of fused-ring (bicyclic) bond motifs is 2. The number of nitrogens with one attached hydrogen (secondary N) is 2. The van der Waals surface area contributed by atoms with E-state index in [1.165, 1.54) is 6.42 Å². The van der Waals surface area contributed by atoms with Gasteiger partial charge in [-0.15, -0.1) is 0 Å². The Bertz CT molecular complexity index is 1190. The summed E-state index contributed by atoms with van der Waals surface area (Å²) >= 11 is 0. The van der Waals surface area contributed by atoms with Crippen molar-refractivity contribution in [3.05, 3.63) is 53.6 Å². The van der Waals surface area contributed by atoms with Crippen LogP contribution in [0.15, 0.2) is 36.7 Å². The Hall–Kier alpha value is -3.39. The number of carbonyl (C=O) groups excluding carboxylic acids is 1. The van der Waals surface area contributed by atoms with Crippen molar-refractivity contribution in [3.8, 4) is 11.3 Å². The van der Waals surface area contributed by atoms with Crippen LogP contribution in [0.25, 0.3) is 11.3 Å². The number of hydrogen-bond donors (Lipinski definition) is 3. The van der Waals surface area contributed by atoms with Crippen LogP contribution < -0.4 is 15.5 Å². The minimum Gasteiger partial charge on any atom is -0.393 e. The van der Waals surface area contributed by atoms with Crippen LogP contribution in [0.5, 0.6) is 0 Å². The molecule has 1 fully saturated rings. The summed E-state index contributed by atoms with van der Waals surface area (Å²) in [5.41, 5.74) is 5.69. The first kappa shape index (κ1) is 20.2. The van der Waals surface area contributed by atoms with Crippen molar-refractivity contribution in [3.63, 3.8) is 0 Å². The fraction of sp³-hybridized carbons (Fsp3) is 0.400. The van der Waals surface area contributed by atoms with Crippen LogP contribution in [0.3, 0.4) is 0 Å². The Morgan fingerprint density at radius 3 is 2.73 bits per heavy atom. The molecule has 0 saturated carbocycles. The number of carbonyl (C=O) groups is 1. The summed E-state index contributed by atoms with van der Waals surface area (Å²) in [5.74, 6) is 1.78. The number of aliphatic hydroxyl groups is 1. The highest BCUT2D eigenvalue weighted by molar-refractivity contribution is 6.06. The predicted molar refractivity (Wildman–Crippen MR) is 127 cm³/mol. The average Bonchev–Trinajstić information content (AvgIpc) is 3.45. The molecule has 0 bridgehead atoms. The molecule has 1 amide bonds. The van der Waals surface area contributed by atoms with Gasteiger partial charge >= 0.3 is 0 Å². The molecule has 8 heteroatoms. The Morgan fingerprint density at radius 2 is 1.91 bits per heavy atom. The highest BCUT2D eigenvalue weighted by atomic mass is 16.3. The van der Waals surface area contributed by atoms with E-state index in [0.717, 1.165) is 79.3 Å². The van der Waals surface area contributed by atoms with Gasteiger partial charge in [0.1, 0.15) is 11.6 Å². The number of anilines is 3. The largest absolute Gasteiger partial charge is 0.393 e. The van der Waals surface area contributed by atoms with E-state index < -0.39 is 0 Å². The van der Waals surface area contributed by atoms with Crippen molar-refractivity contribution in [2.24, 2.45) is 0 Å². The van der Waals surface area contributed by atoms with Crippen LogP contribution in [0.2, 0.25) is 0 Å². The quantitative estimate of drug-likeness (QED) is 0.572. The maximum absolute atomic E-state index is 12.8. The maximum Gasteiger partial charge on any atom is 0.254 e. The summed E-state index contributed by atoms with van der Waals surface area (Å²) < 4.78 is 2.30. The van der Waals surface area contributed by atoms with Crippen molar-refractivity contribution in [2.45, 2.75) is 51.3 Å². The van der Waals surface area contributed by atoms with Crippen LogP contribution in [0.4, 0.5) is 17.2 Å². The summed E-state index contributed by atoms with van der Waals surface area (Å²) in [4.78, 5) is 24.2. The lowest BCUT2D eigenvalue weighted by Gasteiger charge is -2.31. The van der Waals surface area contributed by atoms with Gasteiger partial charge in [-0.05, 0) is 49.4 Å². The van der Waals surface area contributed by atoms with E-state index >= 15 is 0 Å². The maximum atomic E-state index is 12.8. The number of hydrogen-bond acceptors (Lipinski definition) is 6. The fourth-order valence-corrected chi connectivity index (χ4v) is 5.23. The molecule has 170 valence electrons. The lowest BCUT2D eigenvalue weighted by atomic mass is 9.98. The smallest absolute Gasteiger partial charge is 0.254 e. The van der Waals surface area contributed by atoms with Crippen molar-refractivity contribution in [1.82, 2.24) is 19.9 Å². The molecule has 0 aliphatic carbocycles. The highest BCUT2D eigenvalue weighted by Crippen LogP contribution is 2.36. The minimum absolute atomic E-state index is 0.0590. The number of rotatable bonds is 4. The molecular weight excluding hydrogens is 416 g/mol. The molecule has 0 atom stereocenters. The molecule has 6 rings (SSSR count). The van der Waals surface area contributed by atoms with Crippen LogP contribution in [-0.4, -0.2) is 44.7 Å². The fourth-order valence-electron chi connectivity index (χ4n) is 5.23. The number of pyridine rings is 1. The van der Waals surface area contributed by atoms with E-state index in [9.17, 15) is 9.90 Å². The molecule has 5 heterocycles. The first-order chi connectivity index (χ1) is 16.2. The standard InChI is InChI=1S/C25H28N6O2/c32-17-8-11-30(12-9-17)16-4-7-22(26-13-16)29-20-6-5-18(19-14-28-25(33)24(19)20)21-15-27-23-3-1-2-10-31(21)23/h4-7,13,15,17,32H,1-3,8-12,14H2,(H,26,29)(H,28,33). The molecule has 3 aliphatic heterocycles. The van der Waals surface area contributed by atoms with Gasteiger partial charge < -0.3 is 25.2 Å². The van der Waals surface area contributed by atoms with Gasteiger partial charge in [-0.25, -0.2) is 9.97 Å². The van der Waals surface area contributed by atoms with Crippen LogP contribution in [0.1, 0.15) is 47.4 Å². The van der Waals surface area contributed by atoms with E-state index in [4.69, 9.17) is 0 Å². The van der Waals surface area contributed by atoms with Crippen LogP contribution in [0, 0.1) is 0 Å². The normalized spacial score (nSPS) is 18.1. The first-order valence-electron chi connectivity index (χ1n) is 11.8. The van der Waals surface area contributed by atoms with Gasteiger partial charge in [-0.3, -0.25) is 4.79 Å². The van der Waals surface area contributed by atoms with Gasteiger partial charge in [0, 0.05) is 38.2 Å². The topological polar surface area (TPSA) is 95.3 Å². The third-order valence-electron chi connectivity index (χ3n) is 7.05. The van der Waals surface area contributed by atoms with E-state index in [-0.39, 0.29) is 12.0 Å². The summed E-state index contributed by atoms with van der Waals surface area (Å²) in [5, 5.41) is 16.1. The molecule has 1 saturated heterocycles. The van der Waals surface area contributed by atoms with E-state index in [2.05, 4.69) is 36.1 Å². The Morgan fingerprint density at radius 1 is 1.03 bits per heavy atom. The van der Waals surface area contributed by atoms with Gasteiger partial charge in [-0.1, -0.05) is 6.07 Å². The van der Waals surface area contributed by atoms with Gasteiger partial charge in [0.15, 0.2) is 0 Å². The molecule has 3 aliphatic rings. The van der Waals surface area contributed by atoms with Gasteiger partial charge in [0.2, 0.25) is 0 Å². The molecule has 0 spiro atoms. The van der Waals surface area contributed by atoms with Crippen LogP contribution in [-0.2, 0) is 19.5 Å². The first-order valence-corrected chi connectivity index (χ1v) is 11.8. The van der Waals surface area contributed by atoms with E-state index in [1.807, 2.05) is 30.6 Å². The molecule has 8 nitrogen and oxygen atoms in total. The zero-order valence-corrected chi connectivity index (χ0v) is 18.5. The van der Waals surface area contributed by atoms with Crippen molar-refractivity contribution in [1.29, 1.82) is 0 Å². The highest BCUT2D eigenvalue weighted by Gasteiger charge is 2.28. The molecule has 0 radical (unpaired) electrons. The number of aliphatic hydroxyl groups excluding tert-OH is 1. The Kier molecular flexibility index (Phi) is 5.02. The lowest BCUT2D eigenvalue weighted by Crippen LogP contribution is -2.35. The van der Waals surface area contributed by atoms with Gasteiger partial charge in [0.05, 0.1) is 41.1 Å². The molecular formula is C25H28N6O2. The summed E-state index contributed by atoms with van der Waals surface area (Å²) in [7, 11) is 0. The van der Waals surface area contributed by atoms with E-state index in [1.54, 1.807) is 0 Å². The van der Waals surface area contributed by atoms with Crippen molar-refractivity contribution < 1.29 is 9.90 Å². The second kappa shape index (κ2) is 8.19. The van der Waals surface area contributed by atoms with Gasteiger partial charge in [-0.2, -0.15) is 0 Å². The summed E-state index contributed by atoms with van der Waals surface area (Å²) in [6.45, 7) is 3.17. The zero-order chi connectivity index (χ0) is 22.4. The third kappa shape index (κ3) is 3.64. The SMILES string of the molecule is O=C1NCc2c(-c3cnc4n3CCCC4)ccc(Nc3ccc(N4CCC(O)CC4)cn3)c21. The minimum atomic E-state index is -0.195. The predicted octanol–water partition coefficient (Wildman–Crippen LogP) is 3.23. The number of imidazole rings is 1. The Labute approximate surface area is 192 Å². The molecule has 1 aromatic carbocycles. The third-order valence-corrected chi connectivity index (χ3v) is 7.05. The number of aryl methyl sites for hydroxylation is 1. The second-order valence-corrected chi connectivity index (χ2v) is 9.11. The summed E-state index contributed by atoms with van der Waals surface area (Å²) in [6, 6.07) is 8.05. The lowest BCUT2D eigenvalue weighted by molar-refractivity contribution is 0.0966. The number of nitrogens with zero attached hydrogens (tertiary/aromatic N) is 4. The molecule has 3 N–H and O–H groups in total. The van der Waals surface area contributed by atoms with E-state index in [0.29, 0.717) is 17.9 Å². The number of aromatic nitrogens is 3. The average molecular weight is 445 g/mol. The number of piperidine rings is 1. The second-order valence-electron chi connectivity index (χ2n) is 9.11. The number of benzene rings is 1.